The number of halogens is 1. The molecule has 7 nitrogen and oxygen atoms in total. The fraction of sp³-hybridized carbons (Fsp3) is 0.222. The first-order chi connectivity index (χ1) is 16.9. The number of hydrogen-bond donors (Lipinski definition) is 3. The molecule has 1 aliphatic carbocycles. The molecule has 0 aliphatic heterocycles. The molecule has 2 amide bonds. The van der Waals surface area contributed by atoms with Crippen molar-refractivity contribution in [2.45, 2.75) is 31.7 Å². The Balaban J connectivity index is 1.48. The molecule has 180 valence electrons. The molecular weight excluding hydrogens is 451 g/mol. The number of fused-ring (bicyclic) bond motifs is 3. The Bertz CT molecular complexity index is 1230. The first-order valence-corrected chi connectivity index (χ1v) is 11.3. The van der Waals surface area contributed by atoms with E-state index in [1.54, 1.807) is 6.92 Å². The summed E-state index contributed by atoms with van der Waals surface area (Å²) in [5.74, 6) is -2.84. The SMILES string of the molecule is CCCC(NC(=O)c1cc(F)ccc1NC(=O)OCC1c2ccccc2-c2ccccc21)C(=O)O. The van der Waals surface area contributed by atoms with Crippen LogP contribution in [-0.2, 0) is 9.53 Å². The predicted molar refractivity (Wildman–Crippen MR) is 129 cm³/mol. The fourth-order valence-electron chi connectivity index (χ4n) is 4.34. The quantitative estimate of drug-likeness (QED) is 0.416. The van der Waals surface area contributed by atoms with Gasteiger partial charge < -0.3 is 15.2 Å². The molecule has 0 heterocycles. The minimum absolute atomic E-state index is 0.0155. The van der Waals surface area contributed by atoms with Gasteiger partial charge in [0.15, 0.2) is 0 Å². The minimum Gasteiger partial charge on any atom is -0.480 e. The summed E-state index contributed by atoms with van der Waals surface area (Å²) in [4.78, 5) is 36.7. The van der Waals surface area contributed by atoms with Crippen LogP contribution in [-0.4, -0.2) is 35.7 Å². The highest BCUT2D eigenvalue weighted by Gasteiger charge is 2.29. The monoisotopic (exact) mass is 476 g/mol. The number of aliphatic carboxylic acids is 1. The molecule has 0 aromatic heterocycles. The van der Waals surface area contributed by atoms with Crippen LogP contribution in [0.15, 0.2) is 66.7 Å². The van der Waals surface area contributed by atoms with Crippen LogP contribution in [0.5, 0.6) is 0 Å². The summed E-state index contributed by atoms with van der Waals surface area (Å²) in [6.45, 7) is 1.86. The number of amides is 2. The molecule has 0 spiro atoms. The molecule has 0 fully saturated rings. The van der Waals surface area contributed by atoms with Crippen molar-refractivity contribution < 1.29 is 28.6 Å². The van der Waals surface area contributed by atoms with E-state index in [4.69, 9.17) is 4.74 Å². The maximum absolute atomic E-state index is 13.9. The van der Waals surface area contributed by atoms with Crippen LogP contribution in [0.4, 0.5) is 14.9 Å². The molecule has 1 unspecified atom stereocenters. The second-order valence-electron chi connectivity index (χ2n) is 8.29. The maximum atomic E-state index is 13.9. The van der Waals surface area contributed by atoms with Crippen LogP contribution in [0, 0.1) is 5.82 Å². The Morgan fingerprint density at radius 1 is 1.00 bits per heavy atom. The Kier molecular flexibility index (Phi) is 7.10. The van der Waals surface area contributed by atoms with Crippen LogP contribution in [0.1, 0.15) is 47.2 Å². The van der Waals surface area contributed by atoms with Crippen molar-refractivity contribution in [3.63, 3.8) is 0 Å². The van der Waals surface area contributed by atoms with Gasteiger partial charge in [0.25, 0.3) is 5.91 Å². The number of carbonyl (C=O) groups excluding carboxylic acids is 2. The summed E-state index contributed by atoms with van der Waals surface area (Å²) in [6, 6.07) is 18.0. The zero-order valence-corrected chi connectivity index (χ0v) is 19.1. The van der Waals surface area contributed by atoms with Crippen LogP contribution in [0.25, 0.3) is 11.1 Å². The van der Waals surface area contributed by atoms with Gasteiger partial charge in [0.1, 0.15) is 18.5 Å². The third-order valence-electron chi connectivity index (χ3n) is 5.99. The van der Waals surface area contributed by atoms with Crippen LogP contribution in [0.3, 0.4) is 0 Å². The molecular formula is C27H25FN2O5. The Morgan fingerprint density at radius 3 is 2.23 bits per heavy atom. The number of benzene rings is 3. The van der Waals surface area contributed by atoms with E-state index in [1.807, 2.05) is 48.5 Å². The number of ether oxygens (including phenoxy) is 1. The molecule has 3 aromatic rings. The third kappa shape index (κ3) is 5.16. The van der Waals surface area contributed by atoms with Gasteiger partial charge >= 0.3 is 12.1 Å². The topological polar surface area (TPSA) is 105 Å². The number of rotatable bonds is 8. The number of anilines is 1. The van der Waals surface area contributed by atoms with Crippen molar-refractivity contribution in [1.82, 2.24) is 5.32 Å². The van der Waals surface area contributed by atoms with Gasteiger partial charge in [-0.3, -0.25) is 10.1 Å². The summed E-state index contributed by atoms with van der Waals surface area (Å²) < 4.78 is 19.4. The predicted octanol–water partition coefficient (Wildman–Crippen LogP) is 5.17. The van der Waals surface area contributed by atoms with Gasteiger partial charge in [0.05, 0.1) is 11.3 Å². The van der Waals surface area contributed by atoms with Gasteiger partial charge in [0, 0.05) is 5.92 Å². The van der Waals surface area contributed by atoms with E-state index in [0.717, 1.165) is 34.4 Å². The molecule has 1 atom stereocenters. The Hall–Kier alpha value is -4.20. The van der Waals surface area contributed by atoms with E-state index >= 15 is 0 Å². The second-order valence-corrected chi connectivity index (χ2v) is 8.29. The number of nitrogens with one attached hydrogen (secondary N) is 2. The highest BCUT2D eigenvalue weighted by Crippen LogP contribution is 2.44. The lowest BCUT2D eigenvalue weighted by molar-refractivity contribution is -0.139. The number of carbonyl (C=O) groups is 3. The van der Waals surface area contributed by atoms with Crippen molar-refractivity contribution >= 4 is 23.7 Å². The first kappa shape index (κ1) is 23.9. The fourth-order valence-corrected chi connectivity index (χ4v) is 4.34. The van der Waals surface area contributed by atoms with Gasteiger partial charge in [0.2, 0.25) is 0 Å². The average Bonchev–Trinajstić information content (AvgIpc) is 3.17. The second kappa shape index (κ2) is 10.4. The van der Waals surface area contributed by atoms with Crippen LogP contribution in [0.2, 0.25) is 0 Å². The largest absolute Gasteiger partial charge is 0.480 e. The van der Waals surface area contributed by atoms with E-state index < -0.39 is 29.8 Å². The molecule has 3 aromatic carbocycles. The molecule has 0 saturated heterocycles. The lowest BCUT2D eigenvalue weighted by Crippen LogP contribution is -2.41. The van der Waals surface area contributed by atoms with Gasteiger partial charge in [-0.15, -0.1) is 0 Å². The van der Waals surface area contributed by atoms with Gasteiger partial charge in [-0.2, -0.15) is 0 Å². The Labute approximate surface area is 201 Å². The first-order valence-electron chi connectivity index (χ1n) is 11.3. The molecule has 3 N–H and O–H groups in total. The van der Waals surface area contributed by atoms with Crippen molar-refractivity contribution in [3.05, 3.63) is 89.2 Å². The van der Waals surface area contributed by atoms with E-state index in [2.05, 4.69) is 10.6 Å². The molecule has 4 rings (SSSR count). The van der Waals surface area contributed by atoms with Gasteiger partial charge in [-0.1, -0.05) is 61.9 Å². The molecule has 0 radical (unpaired) electrons. The molecule has 0 bridgehead atoms. The molecule has 35 heavy (non-hydrogen) atoms. The summed E-state index contributed by atoms with van der Waals surface area (Å²) in [5.41, 5.74) is 4.12. The highest BCUT2D eigenvalue weighted by molar-refractivity contribution is 6.03. The highest BCUT2D eigenvalue weighted by atomic mass is 19.1. The third-order valence-corrected chi connectivity index (χ3v) is 5.99. The number of carboxylic acid groups (broad SMARTS) is 1. The van der Waals surface area contributed by atoms with Crippen molar-refractivity contribution in [2.75, 3.05) is 11.9 Å². The standard InChI is InChI=1S/C27H25FN2O5/c1-2-7-24(26(32)33)29-25(31)21-14-16(28)12-13-23(21)30-27(34)35-15-22-19-10-5-3-8-17(19)18-9-4-6-11-20(18)22/h3-6,8-14,22,24H,2,7,15H2,1H3,(H,29,31)(H,30,34)(H,32,33). The summed E-state index contributed by atoms with van der Waals surface area (Å²) in [5, 5.41) is 14.2. The lowest BCUT2D eigenvalue weighted by Gasteiger charge is -2.17. The number of hydrogen-bond acceptors (Lipinski definition) is 4. The zero-order chi connectivity index (χ0) is 24.9. The maximum Gasteiger partial charge on any atom is 0.411 e. The van der Waals surface area contributed by atoms with Crippen molar-refractivity contribution in [1.29, 1.82) is 0 Å². The minimum atomic E-state index is -1.19. The van der Waals surface area contributed by atoms with Gasteiger partial charge in [-0.05, 0) is 46.9 Å². The van der Waals surface area contributed by atoms with Gasteiger partial charge in [-0.25, -0.2) is 14.0 Å². The average molecular weight is 477 g/mol. The zero-order valence-electron chi connectivity index (χ0n) is 19.1. The van der Waals surface area contributed by atoms with E-state index in [-0.39, 0.29) is 30.2 Å². The summed E-state index contributed by atoms with van der Waals surface area (Å²) in [7, 11) is 0. The molecule has 0 saturated carbocycles. The normalized spacial score (nSPS) is 12.9. The van der Waals surface area contributed by atoms with E-state index in [1.165, 1.54) is 6.07 Å². The van der Waals surface area contributed by atoms with E-state index in [9.17, 15) is 23.9 Å². The Morgan fingerprint density at radius 2 is 1.63 bits per heavy atom. The van der Waals surface area contributed by atoms with Crippen molar-refractivity contribution in [3.8, 4) is 11.1 Å². The van der Waals surface area contributed by atoms with E-state index in [0.29, 0.717) is 6.42 Å². The van der Waals surface area contributed by atoms with Crippen LogP contribution < -0.4 is 10.6 Å². The van der Waals surface area contributed by atoms with Crippen molar-refractivity contribution in [2.24, 2.45) is 0 Å². The summed E-state index contributed by atoms with van der Waals surface area (Å²) in [6.07, 6.45) is -0.0626. The smallest absolute Gasteiger partial charge is 0.411 e. The molecule has 8 heteroatoms. The lowest BCUT2D eigenvalue weighted by atomic mass is 9.98. The summed E-state index contributed by atoms with van der Waals surface area (Å²) >= 11 is 0. The molecule has 1 aliphatic rings. The van der Waals surface area contributed by atoms with Crippen LogP contribution >= 0.6 is 0 Å². The number of carboxylic acids is 1.